The lowest BCUT2D eigenvalue weighted by Crippen LogP contribution is -2.44. The number of amides is 2. The van der Waals surface area contributed by atoms with Crippen molar-refractivity contribution in [3.8, 4) is 45.4 Å². The number of halogens is 1. The number of H-pyrrole nitrogens is 1. The molecule has 2 amide bonds. The number of rotatable bonds is 19. The Balaban J connectivity index is 0.000000239. The molecule has 4 aliphatic rings. The maximum atomic E-state index is 16.5. The minimum Gasteiger partial charge on any atom is -0.505 e. The fourth-order valence-electron chi connectivity index (χ4n) is 11.3. The monoisotopic (exact) mass is 1140 g/mol. The van der Waals surface area contributed by atoms with Crippen molar-refractivity contribution in [3.63, 3.8) is 0 Å². The number of pyridine rings is 1. The van der Waals surface area contributed by atoms with Crippen LogP contribution in [-0.4, -0.2) is 132 Å². The van der Waals surface area contributed by atoms with Gasteiger partial charge in [-0.3, -0.25) is 19.7 Å². The molecule has 0 radical (unpaired) electrons. The van der Waals surface area contributed by atoms with Crippen LogP contribution in [0.15, 0.2) is 91.4 Å². The molecule has 19 heteroatoms. The van der Waals surface area contributed by atoms with Gasteiger partial charge < -0.3 is 40.1 Å². The number of methoxy groups -OCH3 is 1. The molecule has 8 aromatic rings. The Morgan fingerprint density at radius 3 is 2.32 bits per heavy atom. The van der Waals surface area contributed by atoms with E-state index in [1.165, 1.54) is 18.9 Å². The van der Waals surface area contributed by atoms with Crippen LogP contribution < -0.4 is 20.3 Å². The summed E-state index contributed by atoms with van der Waals surface area (Å²) in [5.74, 6) is 1.09. The number of aryl methyl sites for hydroxylation is 2. The SMILES string of the molecule is CC.CC1CCCN1C=O.CO[C@@H](C)COc1nc(N2CC3CC2CN3)c2cc(C3CC3)c(-c3c(CCc4ccc(-c5cn(C(C)C(C)C)nn5)cc4)c(F)cc4[nH]ncc34)c(O)c2n1.Cc1cccnc1-c1ccc(C(CO)NC=O)cc1. The fraction of sp³-hybridized carbons (Fsp3) is 0.446. The van der Waals surface area contributed by atoms with Gasteiger partial charge in [-0.2, -0.15) is 15.1 Å². The summed E-state index contributed by atoms with van der Waals surface area (Å²) in [6.07, 6.45) is 13.2. The summed E-state index contributed by atoms with van der Waals surface area (Å²) in [5.41, 5.74) is 10.5. The second-order valence-corrected chi connectivity index (χ2v) is 22.6. The van der Waals surface area contributed by atoms with E-state index in [9.17, 15) is 19.8 Å². The second kappa shape index (κ2) is 27.7. The van der Waals surface area contributed by atoms with Crippen molar-refractivity contribution >= 4 is 40.4 Å². The number of hydrogen-bond acceptors (Lipinski definition) is 14. The maximum absolute atomic E-state index is 16.5. The van der Waals surface area contributed by atoms with Gasteiger partial charge in [0, 0.05) is 84.1 Å². The Morgan fingerprint density at radius 1 is 0.940 bits per heavy atom. The molecule has 444 valence electrons. The van der Waals surface area contributed by atoms with Crippen LogP contribution in [0.1, 0.15) is 126 Å². The van der Waals surface area contributed by atoms with Crippen LogP contribution in [0.3, 0.4) is 0 Å². The van der Waals surface area contributed by atoms with Crippen molar-refractivity contribution in [2.75, 3.05) is 44.9 Å². The number of ether oxygens (including phenoxy) is 2. The first-order valence-corrected chi connectivity index (χ1v) is 29.7. The van der Waals surface area contributed by atoms with Crippen molar-refractivity contribution < 1.29 is 33.7 Å². The van der Waals surface area contributed by atoms with E-state index in [-0.39, 0.29) is 60.9 Å². The third-order valence-electron chi connectivity index (χ3n) is 16.8. The summed E-state index contributed by atoms with van der Waals surface area (Å²) in [5, 5.41) is 45.5. The van der Waals surface area contributed by atoms with Crippen LogP contribution in [0.5, 0.6) is 11.8 Å². The third kappa shape index (κ3) is 13.5. The lowest BCUT2D eigenvalue weighted by molar-refractivity contribution is -0.118. The molecule has 18 nitrogen and oxygen atoms in total. The minimum absolute atomic E-state index is 0.00806. The van der Waals surface area contributed by atoms with E-state index < -0.39 is 0 Å². The Labute approximate surface area is 491 Å². The number of hydrogen-bond donors (Lipinski definition) is 5. The Bertz CT molecular complexity index is 3500. The first-order valence-electron chi connectivity index (χ1n) is 29.7. The van der Waals surface area contributed by atoms with E-state index in [0.29, 0.717) is 65.0 Å². The summed E-state index contributed by atoms with van der Waals surface area (Å²) in [6.45, 7) is 19.3. The number of aromatic nitrogens is 8. The van der Waals surface area contributed by atoms with E-state index >= 15 is 4.39 Å². The first-order chi connectivity index (χ1) is 40.8. The Kier molecular flexibility index (Phi) is 20.0. The summed E-state index contributed by atoms with van der Waals surface area (Å²) in [7, 11) is 1.64. The lowest BCUT2D eigenvalue weighted by Gasteiger charge is -2.30. The van der Waals surface area contributed by atoms with Crippen molar-refractivity contribution in [1.82, 2.24) is 55.7 Å². The Morgan fingerprint density at radius 2 is 1.70 bits per heavy atom. The number of phenols is 1. The van der Waals surface area contributed by atoms with Crippen LogP contribution in [0, 0.1) is 18.7 Å². The number of likely N-dealkylation sites (tertiary alicyclic amines) is 1. The number of piperazine rings is 1. The minimum atomic E-state index is -0.364. The molecule has 7 heterocycles. The molecule has 6 atom stereocenters. The number of aromatic amines is 1. The number of aromatic hydroxyl groups is 1. The molecule has 4 aromatic carbocycles. The molecule has 4 aromatic heterocycles. The van der Waals surface area contributed by atoms with Crippen LogP contribution >= 0.6 is 0 Å². The molecule has 5 unspecified atom stereocenters. The number of carbonyl (C=O) groups is 2. The number of benzene rings is 4. The largest absolute Gasteiger partial charge is 0.505 e. The van der Waals surface area contributed by atoms with Gasteiger partial charge in [0.15, 0.2) is 0 Å². The number of anilines is 1. The molecule has 0 spiro atoms. The Hall–Kier alpha value is -7.87. The average molecular weight is 1150 g/mol. The van der Waals surface area contributed by atoms with Gasteiger partial charge >= 0.3 is 6.01 Å². The quantitative estimate of drug-likeness (QED) is 0.0476. The highest BCUT2D eigenvalue weighted by molar-refractivity contribution is 6.06. The number of phenolic OH excluding ortho intramolecular Hbond substituents is 1. The van der Waals surface area contributed by atoms with Gasteiger partial charge in [-0.15, -0.1) is 5.10 Å². The first kappa shape index (κ1) is 60.7. The van der Waals surface area contributed by atoms with Gasteiger partial charge in [0.2, 0.25) is 12.8 Å². The molecule has 3 saturated heterocycles. The van der Waals surface area contributed by atoms with Crippen molar-refractivity contribution in [3.05, 3.63) is 125 Å². The van der Waals surface area contributed by atoms with Crippen LogP contribution in [0.25, 0.3) is 55.4 Å². The van der Waals surface area contributed by atoms with E-state index in [0.717, 1.165) is 107 Å². The van der Waals surface area contributed by atoms with E-state index in [1.54, 1.807) is 19.5 Å². The standard InChI is InChI=1S/C42H48FN9O3.C15H16N2O2.C6H11NO.C2H6/c1-22(2)24(4)52-20-36(49-50-52)27-9-6-25(7-10-27)8-13-30-34(43)16-35-33(18-45-48-35)37(30)38-31(26-11-12-26)15-32-39(40(38)53)46-42(55-21-23(3)54-5)47-41(32)51-19-28-14-29(51)17-44-28;1-11-3-2-8-16-15(11)13-6-4-12(5-7-13)14(9-18)17-10-19;1-6-3-2-4-7(6)5-8;1-2/h6-7,9-10,15-16,18,20,22-24,26,28-29,44,53H,8,11-14,17,19,21H2,1-5H3,(H,45,48);2-8,10,14,18H,9H2,1H3,(H,17,19);5-6H,2-4H2,1H3;1-2H3/t23-,24?,28?,29?;;;/m0.../s1. The zero-order valence-electron chi connectivity index (χ0n) is 49.8. The van der Waals surface area contributed by atoms with E-state index in [2.05, 4.69) is 86.9 Å². The zero-order valence-corrected chi connectivity index (χ0v) is 49.8. The number of fused-ring (bicyclic) bond motifs is 4. The summed E-state index contributed by atoms with van der Waals surface area (Å²) in [6, 6.07) is 24.7. The van der Waals surface area contributed by atoms with Gasteiger partial charge in [-0.25, -0.2) is 9.07 Å². The molecule has 1 aliphatic carbocycles. The summed E-state index contributed by atoms with van der Waals surface area (Å²) < 4.78 is 29.9. The van der Waals surface area contributed by atoms with Crippen molar-refractivity contribution in [2.45, 2.75) is 143 Å². The number of carbonyl (C=O) groups excluding carboxylic acids is 2. The summed E-state index contributed by atoms with van der Waals surface area (Å²) in [4.78, 5) is 38.9. The number of aliphatic hydroxyl groups excluding tert-OH is 1. The smallest absolute Gasteiger partial charge is 0.319 e. The number of nitrogens with one attached hydrogen (secondary N) is 3. The van der Waals surface area contributed by atoms with Crippen molar-refractivity contribution in [1.29, 1.82) is 0 Å². The third-order valence-corrected chi connectivity index (χ3v) is 16.8. The molecule has 3 aliphatic heterocycles. The van der Waals surface area contributed by atoms with Crippen molar-refractivity contribution in [2.24, 2.45) is 5.92 Å². The van der Waals surface area contributed by atoms with Gasteiger partial charge in [0.05, 0.1) is 48.4 Å². The van der Waals surface area contributed by atoms with E-state index in [4.69, 9.17) is 19.4 Å². The predicted molar refractivity (Wildman–Crippen MR) is 326 cm³/mol. The molecule has 1 saturated carbocycles. The molecule has 2 bridgehead atoms. The molecule has 84 heavy (non-hydrogen) atoms. The molecular weight excluding hydrogens is 1060 g/mol. The van der Waals surface area contributed by atoms with Gasteiger partial charge in [-0.05, 0) is 130 Å². The van der Waals surface area contributed by atoms with Crippen LogP contribution in [0.4, 0.5) is 10.2 Å². The molecular formula is C65H81FN12O6. The normalized spacial score (nSPS) is 18.1. The lowest BCUT2D eigenvalue weighted by atomic mass is 9.86. The average Bonchev–Trinajstić information content (AvgIpc) is 1.79. The second-order valence-electron chi connectivity index (χ2n) is 22.6. The van der Waals surface area contributed by atoms with E-state index in [1.807, 2.05) is 92.0 Å². The van der Waals surface area contributed by atoms with Gasteiger partial charge in [0.25, 0.3) is 0 Å². The van der Waals surface area contributed by atoms with Crippen LogP contribution in [0.2, 0.25) is 0 Å². The predicted octanol–water partition coefficient (Wildman–Crippen LogP) is 10.6. The molecule has 12 rings (SSSR count). The van der Waals surface area contributed by atoms with Gasteiger partial charge in [0.1, 0.15) is 35.2 Å². The number of aliphatic hydroxyl groups is 1. The topological polar surface area (TPSA) is 222 Å². The highest BCUT2D eigenvalue weighted by atomic mass is 19.1. The molecule has 5 N–H and O–H groups in total. The highest BCUT2D eigenvalue weighted by Crippen LogP contribution is 2.53. The maximum Gasteiger partial charge on any atom is 0.319 e. The zero-order chi connectivity index (χ0) is 59.6. The molecule has 4 fully saturated rings. The fourth-order valence-corrected chi connectivity index (χ4v) is 11.3. The van der Waals surface area contributed by atoms with Gasteiger partial charge in [-0.1, -0.05) is 87.5 Å². The van der Waals surface area contributed by atoms with Crippen LogP contribution in [-0.2, 0) is 27.2 Å². The highest BCUT2D eigenvalue weighted by Gasteiger charge is 2.40. The summed E-state index contributed by atoms with van der Waals surface area (Å²) >= 11 is 0. The number of nitrogens with zero attached hydrogens (tertiary/aromatic N) is 9.